The molecule has 0 bridgehead atoms. The summed E-state index contributed by atoms with van der Waals surface area (Å²) in [5.74, 6) is -1.74. The third-order valence-electron chi connectivity index (χ3n) is 5.01. The highest BCUT2D eigenvalue weighted by Gasteiger charge is 2.45. The minimum absolute atomic E-state index is 0.0475. The van der Waals surface area contributed by atoms with Gasteiger partial charge in [-0.15, -0.1) is 0 Å². The molecular formula is C21H24O10. The van der Waals surface area contributed by atoms with Crippen LogP contribution in [0.4, 0.5) is 0 Å². The maximum Gasteiger partial charge on any atom is 0.229 e. The number of aromatic hydroxyl groups is 3. The van der Waals surface area contributed by atoms with E-state index < -0.39 is 54.6 Å². The molecule has 2 aromatic carbocycles. The van der Waals surface area contributed by atoms with Gasteiger partial charge < -0.3 is 45.2 Å². The zero-order valence-electron chi connectivity index (χ0n) is 16.3. The fourth-order valence-corrected chi connectivity index (χ4v) is 3.30. The van der Waals surface area contributed by atoms with Gasteiger partial charge in [-0.3, -0.25) is 4.79 Å². The van der Waals surface area contributed by atoms with E-state index in [1.807, 2.05) is 0 Å². The number of benzene rings is 2. The number of hydrogen-bond acceptors (Lipinski definition) is 10. The van der Waals surface area contributed by atoms with Crippen molar-refractivity contribution in [1.29, 1.82) is 0 Å². The molecule has 31 heavy (non-hydrogen) atoms. The van der Waals surface area contributed by atoms with E-state index in [0.29, 0.717) is 6.42 Å². The molecule has 5 atom stereocenters. The predicted molar refractivity (Wildman–Crippen MR) is 105 cm³/mol. The molecule has 0 aromatic heterocycles. The first kappa shape index (κ1) is 22.8. The largest absolute Gasteiger partial charge is 0.508 e. The summed E-state index contributed by atoms with van der Waals surface area (Å²) in [6.07, 6.45) is -7.61. The average molecular weight is 436 g/mol. The van der Waals surface area contributed by atoms with E-state index in [1.165, 1.54) is 12.1 Å². The molecule has 10 nitrogen and oxygen atoms in total. The lowest BCUT2D eigenvalue weighted by Crippen LogP contribution is -2.60. The van der Waals surface area contributed by atoms with Crippen molar-refractivity contribution < 1.29 is 50.0 Å². The molecule has 2 aromatic rings. The van der Waals surface area contributed by atoms with Crippen molar-refractivity contribution in [2.75, 3.05) is 6.61 Å². The first-order valence-electron chi connectivity index (χ1n) is 9.55. The second kappa shape index (κ2) is 9.50. The highest BCUT2D eigenvalue weighted by Crippen LogP contribution is 2.36. The molecule has 10 heteroatoms. The Hall–Kier alpha value is -2.89. The Bertz CT molecular complexity index is 911. The van der Waals surface area contributed by atoms with Crippen LogP contribution in [0.1, 0.15) is 22.3 Å². The van der Waals surface area contributed by atoms with Crippen molar-refractivity contribution >= 4 is 5.78 Å². The van der Waals surface area contributed by atoms with E-state index in [4.69, 9.17) is 9.47 Å². The van der Waals surface area contributed by atoms with Crippen LogP contribution < -0.4 is 4.74 Å². The highest BCUT2D eigenvalue weighted by molar-refractivity contribution is 6.01. The molecule has 3 unspecified atom stereocenters. The number of carbonyl (C=O) groups excluding carboxylic acids is 1. The molecular weight excluding hydrogens is 412 g/mol. The minimum Gasteiger partial charge on any atom is -0.508 e. The van der Waals surface area contributed by atoms with Crippen LogP contribution in [0, 0.1) is 0 Å². The summed E-state index contributed by atoms with van der Waals surface area (Å²) in [6.45, 7) is -0.672. The molecule has 168 valence electrons. The van der Waals surface area contributed by atoms with Crippen molar-refractivity contribution in [3.05, 3.63) is 47.5 Å². The van der Waals surface area contributed by atoms with Crippen molar-refractivity contribution in [1.82, 2.24) is 0 Å². The topological polar surface area (TPSA) is 177 Å². The molecule has 0 aliphatic carbocycles. The number of aliphatic hydroxyl groups is 4. The maximum atomic E-state index is 12.8. The number of aryl methyl sites for hydroxylation is 1. The average Bonchev–Trinajstić information content (AvgIpc) is 2.73. The van der Waals surface area contributed by atoms with Crippen LogP contribution in [0.3, 0.4) is 0 Å². The van der Waals surface area contributed by atoms with Gasteiger partial charge in [0.2, 0.25) is 6.29 Å². The van der Waals surface area contributed by atoms with Gasteiger partial charge >= 0.3 is 0 Å². The van der Waals surface area contributed by atoms with Gasteiger partial charge in [0.15, 0.2) is 5.78 Å². The Kier molecular flexibility index (Phi) is 6.98. The van der Waals surface area contributed by atoms with E-state index in [-0.39, 0.29) is 23.5 Å². The quantitative estimate of drug-likeness (QED) is 0.288. The van der Waals surface area contributed by atoms with Crippen molar-refractivity contribution in [2.45, 2.75) is 43.5 Å². The van der Waals surface area contributed by atoms with Gasteiger partial charge in [0.05, 0.1) is 6.61 Å². The predicted octanol–water partition coefficient (Wildman–Crippen LogP) is -0.202. The van der Waals surface area contributed by atoms with Crippen LogP contribution in [0.15, 0.2) is 36.4 Å². The second-order valence-corrected chi connectivity index (χ2v) is 7.24. The molecule has 0 saturated carbocycles. The number of rotatable bonds is 7. The zero-order chi connectivity index (χ0) is 22.7. The summed E-state index contributed by atoms with van der Waals surface area (Å²) in [5, 5.41) is 68.6. The van der Waals surface area contributed by atoms with Crippen molar-refractivity contribution in [3.8, 4) is 23.0 Å². The third-order valence-corrected chi connectivity index (χ3v) is 5.01. The molecule has 0 spiro atoms. The number of ether oxygens (including phenoxy) is 2. The van der Waals surface area contributed by atoms with E-state index in [2.05, 4.69) is 0 Å². The summed E-state index contributed by atoms with van der Waals surface area (Å²) in [7, 11) is 0. The van der Waals surface area contributed by atoms with Crippen LogP contribution in [0.5, 0.6) is 23.0 Å². The Morgan fingerprint density at radius 2 is 1.61 bits per heavy atom. The number of carbonyl (C=O) groups is 1. The van der Waals surface area contributed by atoms with Gasteiger partial charge in [-0.05, 0) is 24.1 Å². The summed E-state index contributed by atoms with van der Waals surface area (Å²) in [4.78, 5) is 12.8. The number of phenols is 3. The summed E-state index contributed by atoms with van der Waals surface area (Å²) in [5.41, 5.74) is 0.495. The van der Waals surface area contributed by atoms with Crippen LogP contribution in [-0.4, -0.2) is 78.8 Å². The number of ketones is 1. The number of phenolic OH excluding ortho intramolecular Hbond substituents is 3. The van der Waals surface area contributed by atoms with Crippen LogP contribution in [0.2, 0.25) is 0 Å². The van der Waals surface area contributed by atoms with Gasteiger partial charge in [-0.1, -0.05) is 12.1 Å². The lowest BCUT2D eigenvalue weighted by Gasteiger charge is -2.39. The molecule has 0 radical (unpaired) electrons. The van der Waals surface area contributed by atoms with Gasteiger partial charge in [-0.25, -0.2) is 0 Å². The van der Waals surface area contributed by atoms with Gasteiger partial charge in [0.1, 0.15) is 53.0 Å². The van der Waals surface area contributed by atoms with Gasteiger partial charge in [0, 0.05) is 18.6 Å². The fraction of sp³-hybridized carbons (Fsp3) is 0.381. The number of aliphatic hydroxyl groups excluding tert-OH is 4. The maximum absolute atomic E-state index is 12.8. The molecule has 1 aliphatic heterocycles. The van der Waals surface area contributed by atoms with Crippen LogP contribution in [-0.2, 0) is 11.2 Å². The SMILES string of the molecule is O=C(CCc1ccc(O)cc1)c1c(O)cc(O)cc1O[C@@H]1OC(CO)[C@@H](O)C(O)C1O. The smallest absolute Gasteiger partial charge is 0.229 e. The van der Waals surface area contributed by atoms with Crippen LogP contribution >= 0.6 is 0 Å². The molecule has 0 amide bonds. The van der Waals surface area contributed by atoms with Gasteiger partial charge in [0.25, 0.3) is 0 Å². The van der Waals surface area contributed by atoms with E-state index in [0.717, 1.165) is 17.7 Å². The highest BCUT2D eigenvalue weighted by atomic mass is 16.7. The molecule has 1 saturated heterocycles. The first-order chi connectivity index (χ1) is 14.7. The standard InChI is InChI=1S/C21H24O10/c22-9-16-18(27)19(28)20(29)21(31-16)30-15-8-12(24)7-14(26)17(15)13(25)6-3-10-1-4-11(23)5-2-10/h1-2,4-5,7-8,16,18-24,26-29H,3,6,9H2/t16?,18-,19?,20?,21-/m1/s1. The zero-order valence-corrected chi connectivity index (χ0v) is 16.3. The first-order valence-corrected chi connectivity index (χ1v) is 9.55. The summed E-state index contributed by atoms with van der Waals surface area (Å²) in [6, 6.07) is 8.23. The lowest BCUT2D eigenvalue weighted by molar-refractivity contribution is -0.277. The van der Waals surface area contributed by atoms with Crippen molar-refractivity contribution in [2.24, 2.45) is 0 Å². The van der Waals surface area contributed by atoms with E-state index in [1.54, 1.807) is 12.1 Å². The third kappa shape index (κ3) is 5.06. The lowest BCUT2D eigenvalue weighted by atomic mass is 9.99. The monoisotopic (exact) mass is 436 g/mol. The summed E-state index contributed by atoms with van der Waals surface area (Å²) >= 11 is 0. The Morgan fingerprint density at radius 1 is 0.935 bits per heavy atom. The van der Waals surface area contributed by atoms with Crippen LogP contribution in [0.25, 0.3) is 0 Å². The van der Waals surface area contributed by atoms with Gasteiger partial charge in [-0.2, -0.15) is 0 Å². The Balaban J connectivity index is 1.82. The summed E-state index contributed by atoms with van der Waals surface area (Å²) < 4.78 is 10.7. The minimum atomic E-state index is -1.73. The molecule has 1 fully saturated rings. The normalized spacial score (nSPS) is 25.9. The number of hydrogen-bond donors (Lipinski definition) is 7. The molecule has 3 rings (SSSR count). The molecule has 1 aliphatic rings. The Morgan fingerprint density at radius 3 is 2.26 bits per heavy atom. The second-order valence-electron chi connectivity index (χ2n) is 7.24. The molecule has 7 N–H and O–H groups in total. The van der Waals surface area contributed by atoms with E-state index in [9.17, 15) is 40.5 Å². The number of Topliss-reactive ketones (excluding diaryl/α,β-unsaturated/α-hetero) is 1. The van der Waals surface area contributed by atoms with E-state index >= 15 is 0 Å². The molecule has 1 heterocycles. The van der Waals surface area contributed by atoms with Crippen molar-refractivity contribution in [3.63, 3.8) is 0 Å². The Labute approximate surface area is 177 Å². The fourth-order valence-electron chi connectivity index (χ4n) is 3.30.